The smallest absolute Gasteiger partial charge is 0.343 e. The fourth-order valence-electron chi connectivity index (χ4n) is 3.67. The second-order valence-electron chi connectivity index (χ2n) is 7.11. The Bertz CT molecular complexity index is 1340. The zero-order valence-corrected chi connectivity index (χ0v) is 17.2. The van der Waals surface area contributed by atoms with Gasteiger partial charge in [-0.3, -0.25) is 14.8 Å². The zero-order chi connectivity index (χ0) is 22.8. The van der Waals surface area contributed by atoms with Crippen LogP contribution in [0.3, 0.4) is 0 Å². The summed E-state index contributed by atoms with van der Waals surface area (Å²) in [7, 11) is 1.25. The van der Waals surface area contributed by atoms with Crippen molar-refractivity contribution in [2.75, 3.05) is 12.4 Å². The van der Waals surface area contributed by atoms with Gasteiger partial charge in [-0.15, -0.1) is 0 Å². The number of fused-ring (bicyclic) bond motifs is 1. The van der Waals surface area contributed by atoms with Gasteiger partial charge in [0.1, 0.15) is 11.6 Å². The van der Waals surface area contributed by atoms with Gasteiger partial charge in [-0.25, -0.2) is 14.4 Å². The molecule has 0 radical (unpaired) electrons. The van der Waals surface area contributed by atoms with E-state index in [2.05, 4.69) is 15.3 Å². The second-order valence-corrected chi connectivity index (χ2v) is 7.11. The number of H-pyrrole nitrogens is 2. The van der Waals surface area contributed by atoms with Crippen LogP contribution in [0, 0.1) is 0 Å². The van der Waals surface area contributed by atoms with E-state index in [1.807, 2.05) is 0 Å². The van der Waals surface area contributed by atoms with Crippen LogP contribution in [0.2, 0.25) is 0 Å². The Balaban J connectivity index is 1.74. The van der Waals surface area contributed by atoms with Crippen LogP contribution in [0.25, 0.3) is 0 Å². The predicted octanol–water partition coefficient (Wildman–Crippen LogP) is 2.29. The van der Waals surface area contributed by atoms with Gasteiger partial charge in [-0.1, -0.05) is 30.3 Å². The van der Waals surface area contributed by atoms with E-state index in [1.165, 1.54) is 7.11 Å². The van der Waals surface area contributed by atoms with Crippen molar-refractivity contribution in [3.05, 3.63) is 103 Å². The number of ether oxygens (including phenoxy) is 2. The minimum atomic E-state index is -0.807. The van der Waals surface area contributed by atoms with E-state index in [9.17, 15) is 19.2 Å². The number of esters is 2. The highest BCUT2D eigenvalue weighted by atomic mass is 16.5. The van der Waals surface area contributed by atoms with Crippen molar-refractivity contribution in [2.24, 2.45) is 0 Å². The molecule has 0 spiro atoms. The maximum absolute atomic E-state index is 12.6. The monoisotopic (exact) mass is 433 g/mol. The molecule has 3 aromatic rings. The third-order valence-corrected chi connectivity index (χ3v) is 5.11. The number of aromatic amines is 2. The van der Waals surface area contributed by atoms with Crippen LogP contribution in [0.15, 0.2) is 75.5 Å². The average Bonchev–Trinajstić information content (AvgIpc) is 2.78. The maximum atomic E-state index is 12.6. The third kappa shape index (κ3) is 3.83. The summed E-state index contributed by atoms with van der Waals surface area (Å²) in [5, 5.41) is 2.90. The Labute approximate surface area is 181 Å². The SMILES string of the molecule is COC(=O)C1=C(C)Nc2[nH]c(=O)[nH]c(=O)c2C1c1ccc(OC(=O)c2ccccc2)cc1. The lowest BCUT2D eigenvalue weighted by molar-refractivity contribution is -0.136. The molecule has 1 atom stereocenters. The lowest BCUT2D eigenvalue weighted by Crippen LogP contribution is -2.34. The standard InChI is InChI=1S/C23H19N3O6/c1-12-16(22(29)31-2)17(18-19(24-12)25-23(30)26-20(18)27)13-8-10-15(11-9-13)32-21(28)14-6-4-3-5-7-14/h3-11,17H,1-2H3,(H3,24,25,26,27,30). The summed E-state index contributed by atoms with van der Waals surface area (Å²) >= 11 is 0. The van der Waals surface area contributed by atoms with Crippen LogP contribution >= 0.6 is 0 Å². The largest absolute Gasteiger partial charge is 0.466 e. The number of methoxy groups -OCH3 is 1. The summed E-state index contributed by atoms with van der Waals surface area (Å²) in [6.07, 6.45) is 0. The van der Waals surface area contributed by atoms with Crippen LogP contribution in [-0.4, -0.2) is 29.0 Å². The molecular weight excluding hydrogens is 414 g/mol. The average molecular weight is 433 g/mol. The normalized spacial score (nSPS) is 14.9. The molecule has 1 aliphatic rings. The van der Waals surface area contributed by atoms with Gasteiger partial charge in [0.15, 0.2) is 0 Å². The molecule has 162 valence electrons. The van der Waals surface area contributed by atoms with E-state index in [4.69, 9.17) is 9.47 Å². The van der Waals surface area contributed by atoms with Gasteiger partial charge in [0.05, 0.1) is 29.7 Å². The van der Waals surface area contributed by atoms with Crippen LogP contribution in [0.4, 0.5) is 5.82 Å². The topological polar surface area (TPSA) is 130 Å². The van der Waals surface area contributed by atoms with Gasteiger partial charge in [0.2, 0.25) is 0 Å². The molecule has 0 saturated heterocycles. The number of rotatable bonds is 4. The Hall–Kier alpha value is -4.40. The predicted molar refractivity (Wildman–Crippen MR) is 116 cm³/mol. The molecule has 1 aliphatic heterocycles. The summed E-state index contributed by atoms with van der Waals surface area (Å²) in [6, 6.07) is 15.0. The summed E-state index contributed by atoms with van der Waals surface area (Å²) < 4.78 is 10.3. The first-order valence-corrected chi connectivity index (χ1v) is 9.69. The molecular formula is C23H19N3O6. The molecule has 4 rings (SSSR count). The number of nitrogens with one attached hydrogen (secondary N) is 3. The summed E-state index contributed by atoms with van der Waals surface area (Å²) in [4.78, 5) is 54.0. The minimum Gasteiger partial charge on any atom is -0.466 e. The molecule has 2 heterocycles. The van der Waals surface area contributed by atoms with E-state index in [0.717, 1.165) is 0 Å². The van der Waals surface area contributed by atoms with Gasteiger partial charge >= 0.3 is 17.6 Å². The highest BCUT2D eigenvalue weighted by molar-refractivity contribution is 5.94. The number of carbonyl (C=O) groups is 2. The number of aromatic nitrogens is 2. The van der Waals surface area contributed by atoms with Crippen molar-refractivity contribution in [3.8, 4) is 5.75 Å². The summed E-state index contributed by atoms with van der Waals surface area (Å²) in [5.41, 5.74) is 0.522. The van der Waals surface area contributed by atoms with Crippen molar-refractivity contribution >= 4 is 17.8 Å². The number of carbonyl (C=O) groups excluding carboxylic acids is 2. The quantitative estimate of drug-likeness (QED) is 0.425. The molecule has 3 N–H and O–H groups in total. The Morgan fingerprint density at radius 1 is 0.906 bits per heavy atom. The Kier molecular flexibility index (Phi) is 5.46. The molecule has 0 amide bonds. The third-order valence-electron chi connectivity index (χ3n) is 5.11. The molecule has 0 fully saturated rings. The maximum Gasteiger partial charge on any atom is 0.343 e. The Morgan fingerprint density at radius 3 is 2.25 bits per heavy atom. The minimum absolute atomic E-state index is 0.171. The van der Waals surface area contributed by atoms with Gasteiger partial charge < -0.3 is 14.8 Å². The van der Waals surface area contributed by atoms with Crippen molar-refractivity contribution < 1.29 is 19.1 Å². The molecule has 32 heavy (non-hydrogen) atoms. The fourth-order valence-corrected chi connectivity index (χ4v) is 3.67. The van der Waals surface area contributed by atoms with Crippen molar-refractivity contribution in [3.63, 3.8) is 0 Å². The molecule has 9 nitrogen and oxygen atoms in total. The second kappa shape index (κ2) is 8.38. The fraction of sp³-hybridized carbons (Fsp3) is 0.130. The molecule has 1 unspecified atom stereocenters. The summed E-state index contributed by atoms with van der Waals surface area (Å²) in [5.74, 6) is -1.43. The molecule has 0 aliphatic carbocycles. The van der Waals surface area contributed by atoms with Crippen LogP contribution in [0.5, 0.6) is 5.75 Å². The molecule has 2 aromatic carbocycles. The number of anilines is 1. The molecule has 0 bridgehead atoms. The number of benzene rings is 2. The molecule has 1 aromatic heterocycles. The lowest BCUT2D eigenvalue weighted by atomic mass is 9.82. The van der Waals surface area contributed by atoms with Crippen molar-refractivity contribution in [2.45, 2.75) is 12.8 Å². The first-order valence-electron chi connectivity index (χ1n) is 9.69. The first kappa shape index (κ1) is 20.9. The van der Waals surface area contributed by atoms with E-state index in [1.54, 1.807) is 61.5 Å². The van der Waals surface area contributed by atoms with Crippen LogP contribution in [0.1, 0.15) is 34.3 Å². The molecule has 9 heteroatoms. The first-order chi connectivity index (χ1) is 15.4. The van der Waals surface area contributed by atoms with Crippen LogP contribution < -0.4 is 21.3 Å². The number of allylic oxidation sites excluding steroid dienone is 1. The van der Waals surface area contributed by atoms with E-state index in [0.29, 0.717) is 22.6 Å². The van der Waals surface area contributed by atoms with E-state index >= 15 is 0 Å². The Morgan fingerprint density at radius 2 is 1.59 bits per heavy atom. The highest BCUT2D eigenvalue weighted by Gasteiger charge is 2.35. The van der Waals surface area contributed by atoms with Gasteiger partial charge in [-0.2, -0.15) is 0 Å². The molecule has 0 saturated carbocycles. The van der Waals surface area contributed by atoms with E-state index in [-0.39, 0.29) is 17.0 Å². The van der Waals surface area contributed by atoms with Crippen LogP contribution in [-0.2, 0) is 9.53 Å². The lowest BCUT2D eigenvalue weighted by Gasteiger charge is -2.28. The van der Waals surface area contributed by atoms with Gasteiger partial charge in [0.25, 0.3) is 5.56 Å². The van der Waals surface area contributed by atoms with Crippen molar-refractivity contribution in [1.29, 1.82) is 0 Å². The zero-order valence-electron chi connectivity index (χ0n) is 17.2. The van der Waals surface area contributed by atoms with Crippen molar-refractivity contribution in [1.82, 2.24) is 9.97 Å². The number of hydrogen-bond donors (Lipinski definition) is 3. The van der Waals surface area contributed by atoms with E-state index < -0.39 is 29.1 Å². The van der Waals surface area contributed by atoms with Gasteiger partial charge in [-0.05, 0) is 36.8 Å². The highest BCUT2D eigenvalue weighted by Crippen LogP contribution is 2.39. The van der Waals surface area contributed by atoms with Gasteiger partial charge in [0, 0.05) is 5.70 Å². The number of hydrogen-bond acceptors (Lipinski definition) is 7. The summed E-state index contributed by atoms with van der Waals surface area (Å²) in [6.45, 7) is 1.65.